The van der Waals surface area contributed by atoms with Gasteiger partial charge in [0.15, 0.2) is 0 Å². The quantitative estimate of drug-likeness (QED) is 0.499. The third-order valence-electron chi connectivity index (χ3n) is 5.96. The first-order valence-electron chi connectivity index (χ1n) is 11.1. The Hall–Kier alpha value is -4.39. The maximum Gasteiger partial charge on any atom is 0.259 e. The Morgan fingerprint density at radius 2 is 1.71 bits per heavy atom. The molecule has 3 heterocycles. The maximum atomic E-state index is 13.5. The molecular formula is C27H25N5O2. The minimum Gasteiger partial charge on any atom is -0.362 e. The number of para-hydroxylation sites is 1. The molecule has 2 aromatic carbocycles. The second-order valence-corrected chi connectivity index (χ2v) is 8.45. The van der Waals surface area contributed by atoms with Crippen molar-refractivity contribution in [3.63, 3.8) is 0 Å². The van der Waals surface area contributed by atoms with Gasteiger partial charge < -0.3 is 19.7 Å². The first kappa shape index (κ1) is 21.5. The van der Waals surface area contributed by atoms with E-state index in [0.717, 1.165) is 23.5 Å². The number of fused-ring (bicyclic) bond motifs is 2. The molecule has 0 unspecified atom stereocenters. The highest BCUT2D eigenvalue weighted by Crippen LogP contribution is 2.29. The van der Waals surface area contributed by atoms with Crippen LogP contribution in [0.5, 0.6) is 0 Å². The van der Waals surface area contributed by atoms with Crippen LogP contribution in [-0.4, -0.2) is 35.5 Å². The van der Waals surface area contributed by atoms with Gasteiger partial charge >= 0.3 is 0 Å². The van der Waals surface area contributed by atoms with Gasteiger partial charge in [-0.15, -0.1) is 0 Å². The van der Waals surface area contributed by atoms with Crippen LogP contribution >= 0.6 is 0 Å². The highest BCUT2D eigenvalue weighted by molar-refractivity contribution is 6.09. The molecule has 2 aromatic heterocycles. The number of nitrogens with zero attached hydrogens (tertiary/aromatic N) is 4. The summed E-state index contributed by atoms with van der Waals surface area (Å²) in [6.07, 6.45) is 3.70. The van der Waals surface area contributed by atoms with E-state index >= 15 is 0 Å². The standard InChI is InChI=1S/C27H25N5O2/c1-30(2)25-23(9-5-15-28-25)26(33)29-21-13-11-19(12-14-21)27(34)32-18-22-8-6-16-31(22)17-20-7-3-4-10-24(20)32/h3-16H,17-18H2,1-2H3,(H,29,33). The fraction of sp³-hybridized carbons (Fsp3) is 0.148. The van der Waals surface area contributed by atoms with E-state index in [2.05, 4.69) is 20.9 Å². The SMILES string of the molecule is CN(C)c1ncccc1C(=O)Nc1ccc(C(=O)N2Cc3cccn3Cc3ccccc32)cc1. The minimum atomic E-state index is -0.252. The predicted molar refractivity (Wildman–Crippen MR) is 133 cm³/mol. The van der Waals surface area contributed by atoms with E-state index in [-0.39, 0.29) is 11.8 Å². The van der Waals surface area contributed by atoms with Gasteiger partial charge in [-0.3, -0.25) is 9.59 Å². The summed E-state index contributed by atoms with van der Waals surface area (Å²) in [7, 11) is 3.69. The molecule has 0 aliphatic carbocycles. The topological polar surface area (TPSA) is 70.5 Å². The molecule has 1 N–H and O–H groups in total. The highest BCUT2D eigenvalue weighted by Gasteiger charge is 2.24. The number of anilines is 3. The molecule has 0 bridgehead atoms. The Bertz CT molecular complexity index is 1360. The van der Waals surface area contributed by atoms with Crippen LogP contribution in [0.25, 0.3) is 0 Å². The first-order valence-corrected chi connectivity index (χ1v) is 11.1. The molecule has 1 aliphatic rings. The lowest BCUT2D eigenvalue weighted by Gasteiger charge is -2.23. The van der Waals surface area contributed by atoms with E-state index in [0.29, 0.717) is 29.2 Å². The van der Waals surface area contributed by atoms with Gasteiger partial charge in [-0.05, 0) is 60.2 Å². The van der Waals surface area contributed by atoms with E-state index in [1.54, 1.807) is 47.5 Å². The van der Waals surface area contributed by atoms with E-state index in [1.807, 2.05) is 55.5 Å². The molecule has 34 heavy (non-hydrogen) atoms. The number of aromatic nitrogens is 2. The van der Waals surface area contributed by atoms with Crippen LogP contribution in [-0.2, 0) is 13.1 Å². The summed E-state index contributed by atoms with van der Waals surface area (Å²) in [6, 6.07) is 22.5. The molecule has 7 heteroatoms. The molecule has 0 spiro atoms. The zero-order chi connectivity index (χ0) is 23.7. The molecule has 1 aliphatic heterocycles. The number of rotatable bonds is 4. The largest absolute Gasteiger partial charge is 0.362 e. The molecule has 5 rings (SSSR count). The number of amides is 2. The van der Waals surface area contributed by atoms with Gasteiger partial charge in [0, 0.05) is 55.7 Å². The van der Waals surface area contributed by atoms with Crippen LogP contribution in [0.2, 0.25) is 0 Å². The van der Waals surface area contributed by atoms with Crippen LogP contribution in [0.4, 0.5) is 17.2 Å². The summed E-state index contributed by atoms with van der Waals surface area (Å²) in [5.41, 5.74) is 4.76. The Morgan fingerprint density at radius 3 is 2.50 bits per heavy atom. The van der Waals surface area contributed by atoms with Crippen molar-refractivity contribution >= 4 is 29.0 Å². The van der Waals surface area contributed by atoms with Crippen LogP contribution in [0.15, 0.2) is 85.2 Å². The van der Waals surface area contributed by atoms with Crippen molar-refractivity contribution in [2.24, 2.45) is 0 Å². The van der Waals surface area contributed by atoms with Crippen molar-refractivity contribution in [2.45, 2.75) is 13.1 Å². The molecule has 4 aromatic rings. The summed E-state index contributed by atoms with van der Waals surface area (Å²) >= 11 is 0. The molecule has 7 nitrogen and oxygen atoms in total. The first-order chi connectivity index (χ1) is 16.5. The van der Waals surface area contributed by atoms with Gasteiger partial charge in [-0.2, -0.15) is 0 Å². The van der Waals surface area contributed by atoms with Crippen LogP contribution in [0, 0.1) is 0 Å². The lowest BCUT2D eigenvalue weighted by atomic mass is 10.1. The molecule has 0 atom stereocenters. The van der Waals surface area contributed by atoms with Crippen LogP contribution in [0.1, 0.15) is 32.0 Å². The third-order valence-corrected chi connectivity index (χ3v) is 5.96. The van der Waals surface area contributed by atoms with E-state index in [1.165, 1.54) is 0 Å². The fourth-order valence-electron chi connectivity index (χ4n) is 4.25. The van der Waals surface area contributed by atoms with Gasteiger partial charge in [0.05, 0.1) is 12.1 Å². The van der Waals surface area contributed by atoms with Gasteiger partial charge in [0.2, 0.25) is 0 Å². The fourth-order valence-corrected chi connectivity index (χ4v) is 4.25. The van der Waals surface area contributed by atoms with E-state index in [9.17, 15) is 9.59 Å². The Labute approximate surface area is 198 Å². The number of hydrogen-bond donors (Lipinski definition) is 1. The number of carbonyl (C=O) groups is 2. The molecule has 0 radical (unpaired) electrons. The molecule has 0 fully saturated rings. The number of hydrogen-bond acceptors (Lipinski definition) is 4. The zero-order valence-electron chi connectivity index (χ0n) is 19.1. The summed E-state index contributed by atoms with van der Waals surface area (Å²) in [4.78, 5) is 34.3. The molecule has 0 saturated carbocycles. The second-order valence-electron chi connectivity index (χ2n) is 8.45. The minimum absolute atomic E-state index is 0.0814. The van der Waals surface area contributed by atoms with Crippen molar-refractivity contribution in [3.8, 4) is 0 Å². The van der Waals surface area contributed by atoms with E-state index in [4.69, 9.17) is 0 Å². The summed E-state index contributed by atoms with van der Waals surface area (Å²) < 4.78 is 2.17. The van der Waals surface area contributed by atoms with Gasteiger partial charge in [0.1, 0.15) is 5.82 Å². The lowest BCUT2D eigenvalue weighted by Crippen LogP contribution is -2.30. The van der Waals surface area contributed by atoms with Crippen LogP contribution in [0.3, 0.4) is 0 Å². The summed E-state index contributed by atoms with van der Waals surface area (Å²) in [5.74, 6) is 0.261. The molecular weight excluding hydrogens is 426 g/mol. The number of carbonyl (C=O) groups excluding carboxylic acids is 2. The van der Waals surface area contributed by atoms with Gasteiger partial charge in [0.25, 0.3) is 11.8 Å². The van der Waals surface area contributed by atoms with E-state index < -0.39 is 0 Å². The number of pyridine rings is 1. The number of nitrogens with one attached hydrogen (secondary N) is 1. The smallest absolute Gasteiger partial charge is 0.259 e. The van der Waals surface area contributed by atoms with Crippen LogP contribution < -0.4 is 15.1 Å². The van der Waals surface area contributed by atoms with Crippen molar-refractivity contribution < 1.29 is 9.59 Å². The normalized spacial score (nSPS) is 12.4. The average molecular weight is 452 g/mol. The summed E-state index contributed by atoms with van der Waals surface area (Å²) in [6.45, 7) is 1.23. The molecule has 2 amide bonds. The molecule has 0 saturated heterocycles. The second kappa shape index (κ2) is 8.86. The van der Waals surface area contributed by atoms with Gasteiger partial charge in [-0.25, -0.2) is 4.98 Å². The van der Waals surface area contributed by atoms with Gasteiger partial charge in [-0.1, -0.05) is 18.2 Å². The summed E-state index contributed by atoms with van der Waals surface area (Å²) in [5, 5.41) is 2.90. The Kier molecular flexibility index (Phi) is 5.59. The monoisotopic (exact) mass is 451 g/mol. The Morgan fingerprint density at radius 1 is 0.912 bits per heavy atom. The van der Waals surface area contributed by atoms with Crippen molar-refractivity contribution in [2.75, 3.05) is 29.2 Å². The average Bonchev–Trinajstić information content (AvgIpc) is 3.23. The maximum absolute atomic E-state index is 13.5. The molecule has 170 valence electrons. The van der Waals surface area contributed by atoms with Crippen molar-refractivity contribution in [3.05, 3.63) is 108 Å². The number of benzene rings is 2. The zero-order valence-corrected chi connectivity index (χ0v) is 19.1. The predicted octanol–water partition coefficient (Wildman–Crippen LogP) is 4.41. The van der Waals surface area contributed by atoms with Crippen molar-refractivity contribution in [1.29, 1.82) is 0 Å². The third kappa shape index (κ3) is 4.03. The Balaban J connectivity index is 1.38. The highest BCUT2D eigenvalue weighted by atomic mass is 16.2. The van der Waals surface area contributed by atoms with Crippen molar-refractivity contribution in [1.82, 2.24) is 9.55 Å². The lowest BCUT2D eigenvalue weighted by molar-refractivity contribution is 0.0983.